The average Bonchev–Trinajstić information content (AvgIpc) is 3.22. The second-order valence-corrected chi connectivity index (χ2v) is 7.74. The van der Waals surface area contributed by atoms with Crippen LogP contribution in [0.5, 0.6) is 0 Å². The molecule has 0 aromatic carbocycles. The van der Waals surface area contributed by atoms with Crippen molar-refractivity contribution < 1.29 is 33.3 Å². The maximum atomic E-state index is 11.9. The van der Waals surface area contributed by atoms with Gasteiger partial charge in [0.05, 0.1) is 12.9 Å². The number of carbonyl (C=O) groups excluding carboxylic acids is 1. The highest BCUT2D eigenvalue weighted by Crippen LogP contribution is 2.31. The van der Waals surface area contributed by atoms with Crippen molar-refractivity contribution in [3.8, 4) is 0 Å². The number of nitrogen functional groups attached to an aromatic ring is 1. The third-order valence-electron chi connectivity index (χ3n) is 4.24. The molecule has 0 aliphatic carbocycles. The molecule has 9 N–H and O–H groups in total. The van der Waals surface area contributed by atoms with Crippen LogP contribution in [0.3, 0.4) is 0 Å². The van der Waals surface area contributed by atoms with Gasteiger partial charge in [-0.15, -0.1) is 0 Å². The molecule has 29 heavy (non-hydrogen) atoms. The fourth-order valence-corrected chi connectivity index (χ4v) is 3.57. The fourth-order valence-electron chi connectivity index (χ4n) is 2.70. The predicted molar refractivity (Wildman–Crippen MR) is 95.8 cm³/mol. The molecule has 2 aromatic rings. The number of aliphatic hydroxyl groups excluding tert-OH is 3. The molecule has 2 aromatic heterocycles. The van der Waals surface area contributed by atoms with Crippen molar-refractivity contribution >= 4 is 33.1 Å². The van der Waals surface area contributed by atoms with Crippen LogP contribution in [0.25, 0.3) is 11.2 Å². The highest BCUT2D eigenvalue weighted by Gasteiger charge is 2.44. The van der Waals surface area contributed by atoms with E-state index in [2.05, 4.69) is 15.0 Å². The maximum Gasteiger partial charge on any atom is 0.301 e. The number of nitrogens with two attached hydrogens (primary N) is 2. The topological polar surface area (TPSA) is 241 Å². The molecule has 0 radical (unpaired) electrons. The molecule has 1 aliphatic rings. The number of carbonyl (C=O) groups is 1. The molecule has 3 heterocycles. The summed E-state index contributed by atoms with van der Waals surface area (Å²) in [6.07, 6.45) is -2.70. The van der Waals surface area contributed by atoms with E-state index in [0.29, 0.717) is 0 Å². The number of hydrogen-bond donors (Lipinski definition) is 7. The van der Waals surface area contributed by atoms with Gasteiger partial charge in [-0.3, -0.25) is 9.36 Å². The van der Waals surface area contributed by atoms with Crippen LogP contribution in [0.2, 0.25) is 0 Å². The average molecular weight is 432 g/mol. The number of anilines is 1. The molecule has 1 amide bonds. The Kier molecular flexibility index (Phi) is 5.94. The monoisotopic (exact) mass is 432 g/mol. The summed E-state index contributed by atoms with van der Waals surface area (Å²) < 4.78 is 34.3. The SMILES string of the molecule is Nc1ncnc2c1ncn2[C@@H]1O[C@H](CNS(=O)(=O)NC(=O)C(N)CO)[C@@H](O)[C@H]1O. The first-order chi connectivity index (χ1) is 13.6. The van der Waals surface area contributed by atoms with Crippen molar-refractivity contribution in [3.63, 3.8) is 0 Å². The van der Waals surface area contributed by atoms with E-state index in [1.54, 1.807) is 4.72 Å². The lowest BCUT2D eigenvalue weighted by atomic mass is 10.1. The standard InChI is InChI=1S/C13H20N8O7S/c14-5(2-22)12(25)20-29(26,27)19-1-6-8(23)9(24)13(28-6)21-4-18-7-10(15)16-3-17-11(7)21/h3-6,8-9,13,19,22-24H,1-2,14H2,(H,20,25)(H2,15,16,17)/t5?,6-,8-,9-,13-/m1/s1. The van der Waals surface area contributed by atoms with Crippen molar-refractivity contribution in [2.45, 2.75) is 30.6 Å². The summed E-state index contributed by atoms with van der Waals surface area (Å²) in [4.78, 5) is 23.3. The molecule has 1 unspecified atom stereocenters. The Morgan fingerprint density at radius 3 is 2.72 bits per heavy atom. The number of nitrogens with one attached hydrogen (secondary N) is 2. The Balaban J connectivity index is 1.70. The summed E-state index contributed by atoms with van der Waals surface area (Å²) in [5.41, 5.74) is 11.5. The van der Waals surface area contributed by atoms with Crippen LogP contribution in [-0.4, -0.2) is 86.7 Å². The third-order valence-corrected chi connectivity index (χ3v) is 5.26. The molecule has 1 fully saturated rings. The first-order valence-electron chi connectivity index (χ1n) is 8.27. The molecule has 16 heteroatoms. The lowest BCUT2D eigenvalue weighted by molar-refractivity contribution is -0.121. The van der Waals surface area contributed by atoms with Gasteiger partial charge in [0.25, 0.3) is 5.91 Å². The maximum absolute atomic E-state index is 11.9. The van der Waals surface area contributed by atoms with Gasteiger partial charge in [0.1, 0.15) is 36.2 Å². The molecule has 1 aliphatic heterocycles. The summed E-state index contributed by atoms with van der Waals surface area (Å²) in [6.45, 7) is -1.22. The number of rotatable bonds is 7. The third kappa shape index (κ3) is 4.27. The van der Waals surface area contributed by atoms with Crippen molar-refractivity contribution in [3.05, 3.63) is 12.7 Å². The van der Waals surface area contributed by atoms with Crippen LogP contribution in [-0.2, 0) is 19.7 Å². The molecular weight excluding hydrogens is 412 g/mol. The second kappa shape index (κ2) is 8.11. The van der Waals surface area contributed by atoms with Crippen LogP contribution in [0, 0.1) is 0 Å². The Bertz CT molecular complexity index is 998. The van der Waals surface area contributed by atoms with Crippen LogP contribution in [0.4, 0.5) is 5.82 Å². The van der Waals surface area contributed by atoms with E-state index < -0.39 is 59.8 Å². The molecule has 3 rings (SSSR count). The van der Waals surface area contributed by atoms with Gasteiger partial charge in [0.2, 0.25) is 0 Å². The van der Waals surface area contributed by atoms with E-state index in [1.807, 2.05) is 4.72 Å². The number of nitrogens with zero attached hydrogens (tertiary/aromatic N) is 4. The zero-order chi connectivity index (χ0) is 21.3. The molecule has 15 nitrogen and oxygen atoms in total. The van der Waals surface area contributed by atoms with Gasteiger partial charge < -0.3 is 31.5 Å². The van der Waals surface area contributed by atoms with Crippen LogP contribution < -0.4 is 20.9 Å². The molecule has 0 bridgehead atoms. The van der Waals surface area contributed by atoms with E-state index in [4.69, 9.17) is 21.3 Å². The number of fused-ring (bicyclic) bond motifs is 1. The number of imidazole rings is 1. The van der Waals surface area contributed by atoms with Gasteiger partial charge in [-0.1, -0.05) is 0 Å². The summed E-state index contributed by atoms with van der Waals surface area (Å²) in [6, 6.07) is -1.42. The molecular formula is C13H20N8O7S. The normalized spacial score (nSPS) is 25.9. The Morgan fingerprint density at radius 1 is 1.31 bits per heavy atom. The zero-order valence-corrected chi connectivity index (χ0v) is 15.6. The van der Waals surface area contributed by atoms with Gasteiger partial charge in [-0.25, -0.2) is 19.7 Å². The summed E-state index contributed by atoms with van der Waals surface area (Å²) in [5, 5.41) is 29.3. The van der Waals surface area contributed by atoms with Crippen molar-refractivity contribution in [1.82, 2.24) is 29.0 Å². The fraction of sp³-hybridized carbons (Fsp3) is 0.538. The summed E-state index contributed by atoms with van der Waals surface area (Å²) in [5.74, 6) is -1.00. The van der Waals surface area contributed by atoms with Crippen LogP contribution in [0.1, 0.15) is 6.23 Å². The summed E-state index contributed by atoms with van der Waals surface area (Å²) in [7, 11) is -4.35. The smallest absolute Gasteiger partial charge is 0.301 e. The predicted octanol–water partition coefficient (Wildman–Crippen LogP) is -4.70. The van der Waals surface area contributed by atoms with Gasteiger partial charge >= 0.3 is 10.2 Å². The molecule has 0 saturated carbocycles. The molecule has 5 atom stereocenters. The summed E-state index contributed by atoms with van der Waals surface area (Å²) >= 11 is 0. The quantitative estimate of drug-likeness (QED) is 0.218. The molecule has 160 valence electrons. The Morgan fingerprint density at radius 2 is 2.03 bits per heavy atom. The minimum atomic E-state index is -4.35. The van der Waals surface area contributed by atoms with Gasteiger partial charge in [0, 0.05) is 6.54 Å². The van der Waals surface area contributed by atoms with Crippen LogP contribution in [0.15, 0.2) is 12.7 Å². The first-order valence-corrected chi connectivity index (χ1v) is 9.75. The van der Waals surface area contributed by atoms with Crippen molar-refractivity contribution in [2.75, 3.05) is 18.9 Å². The van der Waals surface area contributed by atoms with Gasteiger partial charge in [-0.2, -0.15) is 13.1 Å². The van der Waals surface area contributed by atoms with E-state index in [9.17, 15) is 23.4 Å². The highest BCUT2D eigenvalue weighted by atomic mass is 32.2. The van der Waals surface area contributed by atoms with E-state index in [0.717, 1.165) is 0 Å². The number of aromatic nitrogens is 4. The molecule has 0 spiro atoms. The lowest BCUT2D eigenvalue weighted by Crippen LogP contribution is -2.51. The minimum Gasteiger partial charge on any atom is -0.394 e. The number of ether oxygens (including phenoxy) is 1. The van der Waals surface area contributed by atoms with E-state index in [1.165, 1.54) is 17.2 Å². The van der Waals surface area contributed by atoms with E-state index >= 15 is 0 Å². The number of amides is 1. The van der Waals surface area contributed by atoms with Crippen LogP contribution >= 0.6 is 0 Å². The van der Waals surface area contributed by atoms with Crippen molar-refractivity contribution in [2.24, 2.45) is 5.73 Å². The highest BCUT2D eigenvalue weighted by molar-refractivity contribution is 7.88. The number of hydrogen-bond acceptors (Lipinski definition) is 12. The van der Waals surface area contributed by atoms with Crippen molar-refractivity contribution in [1.29, 1.82) is 0 Å². The Labute approximate surface area is 163 Å². The molecule has 1 saturated heterocycles. The van der Waals surface area contributed by atoms with Gasteiger partial charge in [-0.05, 0) is 0 Å². The zero-order valence-electron chi connectivity index (χ0n) is 14.8. The first kappa shape index (κ1) is 21.2. The largest absolute Gasteiger partial charge is 0.394 e. The number of aliphatic hydroxyl groups is 3. The second-order valence-electron chi connectivity index (χ2n) is 6.24. The van der Waals surface area contributed by atoms with Gasteiger partial charge in [0.15, 0.2) is 17.7 Å². The Hall–Kier alpha value is -2.47. The lowest BCUT2D eigenvalue weighted by Gasteiger charge is -2.17. The minimum absolute atomic E-state index is 0.114. The van der Waals surface area contributed by atoms with E-state index in [-0.39, 0.29) is 17.0 Å².